The summed E-state index contributed by atoms with van der Waals surface area (Å²) in [5.74, 6) is -2.26. The van der Waals surface area contributed by atoms with E-state index in [1.54, 1.807) is 6.20 Å². The number of hydrogen-bond acceptors (Lipinski definition) is 5. The molecule has 0 spiro atoms. The average Bonchev–Trinajstić information content (AvgIpc) is 3.40. The SMILES string of the molecule is O=C(O)c1ccnc(-c2cc(C(=O)O)cc(-c3cc(/C=C/c4ccc5c6ccccc6n(Cc6ccccc6)c5c4)ccn3)n2)c1. The van der Waals surface area contributed by atoms with Crippen LogP contribution in [0.3, 0.4) is 0 Å². The normalized spacial score (nSPS) is 11.4. The maximum absolute atomic E-state index is 12.0. The van der Waals surface area contributed by atoms with Crippen molar-refractivity contribution in [3.8, 4) is 22.8 Å². The molecule has 46 heavy (non-hydrogen) atoms. The first-order valence-electron chi connectivity index (χ1n) is 14.6. The van der Waals surface area contributed by atoms with Gasteiger partial charge in [0.05, 0.1) is 39.4 Å². The van der Waals surface area contributed by atoms with Crippen LogP contribution in [0.4, 0.5) is 0 Å². The van der Waals surface area contributed by atoms with Gasteiger partial charge in [-0.3, -0.25) is 9.97 Å². The first-order valence-corrected chi connectivity index (χ1v) is 14.6. The molecule has 0 saturated carbocycles. The van der Waals surface area contributed by atoms with Crippen LogP contribution in [0, 0.1) is 0 Å². The zero-order valence-corrected chi connectivity index (χ0v) is 24.4. The lowest BCUT2D eigenvalue weighted by atomic mass is 10.1. The summed E-state index contributed by atoms with van der Waals surface area (Å²) in [5, 5.41) is 21.6. The van der Waals surface area contributed by atoms with E-state index in [0.29, 0.717) is 11.4 Å². The minimum absolute atomic E-state index is 0.00975. The number of para-hydroxylation sites is 1. The molecule has 4 heterocycles. The van der Waals surface area contributed by atoms with Crippen molar-refractivity contribution in [2.75, 3.05) is 0 Å². The van der Waals surface area contributed by atoms with E-state index in [2.05, 4.69) is 86.2 Å². The number of aromatic nitrogens is 4. The van der Waals surface area contributed by atoms with Crippen molar-refractivity contribution in [1.82, 2.24) is 19.5 Å². The van der Waals surface area contributed by atoms with Crippen molar-refractivity contribution < 1.29 is 19.8 Å². The van der Waals surface area contributed by atoms with Crippen LogP contribution in [0.2, 0.25) is 0 Å². The minimum Gasteiger partial charge on any atom is -0.478 e. The molecule has 8 nitrogen and oxygen atoms in total. The van der Waals surface area contributed by atoms with Crippen molar-refractivity contribution in [1.29, 1.82) is 0 Å². The van der Waals surface area contributed by atoms with Crippen LogP contribution in [0.25, 0.3) is 56.7 Å². The predicted molar refractivity (Wildman–Crippen MR) is 179 cm³/mol. The third-order valence-corrected chi connectivity index (χ3v) is 7.84. The predicted octanol–water partition coefficient (Wildman–Crippen LogP) is 7.93. The molecule has 3 aromatic carbocycles. The molecule has 0 saturated heterocycles. The lowest BCUT2D eigenvalue weighted by Gasteiger charge is -2.08. The van der Waals surface area contributed by atoms with Crippen molar-refractivity contribution in [3.05, 3.63) is 149 Å². The Kier molecular flexibility index (Phi) is 7.36. The number of fused-ring (bicyclic) bond motifs is 3. The molecule has 2 N–H and O–H groups in total. The highest BCUT2D eigenvalue weighted by molar-refractivity contribution is 6.08. The molecule has 0 aliphatic rings. The third kappa shape index (κ3) is 5.62. The van der Waals surface area contributed by atoms with Gasteiger partial charge in [-0.2, -0.15) is 0 Å². The lowest BCUT2D eigenvalue weighted by molar-refractivity contribution is 0.0686. The van der Waals surface area contributed by atoms with Gasteiger partial charge in [0.2, 0.25) is 0 Å². The fourth-order valence-corrected chi connectivity index (χ4v) is 5.61. The molecule has 0 fully saturated rings. The summed E-state index contributed by atoms with van der Waals surface area (Å²) < 4.78 is 2.35. The molecular formula is C38H26N4O4. The van der Waals surface area contributed by atoms with Crippen LogP contribution in [-0.2, 0) is 6.54 Å². The first kappa shape index (κ1) is 28.4. The van der Waals surface area contributed by atoms with Gasteiger partial charge in [-0.05, 0) is 65.2 Å². The molecule has 0 radical (unpaired) electrons. The zero-order chi connectivity index (χ0) is 31.6. The highest BCUT2D eigenvalue weighted by atomic mass is 16.4. The summed E-state index contributed by atoms with van der Waals surface area (Å²) in [6.07, 6.45) is 7.02. The Morgan fingerprint density at radius 3 is 1.93 bits per heavy atom. The Balaban J connectivity index is 1.24. The van der Waals surface area contributed by atoms with E-state index in [1.165, 1.54) is 52.3 Å². The molecule has 0 aliphatic heterocycles. The van der Waals surface area contributed by atoms with Crippen LogP contribution in [-0.4, -0.2) is 41.7 Å². The average molecular weight is 603 g/mol. The Morgan fingerprint density at radius 1 is 0.587 bits per heavy atom. The summed E-state index contributed by atoms with van der Waals surface area (Å²) in [5.41, 5.74) is 6.74. The van der Waals surface area contributed by atoms with Crippen LogP contribution in [0.15, 0.2) is 122 Å². The minimum atomic E-state index is -1.14. The van der Waals surface area contributed by atoms with E-state index in [1.807, 2.05) is 30.4 Å². The second kappa shape index (κ2) is 11.9. The van der Waals surface area contributed by atoms with Gasteiger partial charge in [-0.15, -0.1) is 0 Å². The number of carboxylic acids is 2. The van der Waals surface area contributed by atoms with Gasteiger partial charge in [-0.1, -0.05) is 72.8 Å². The number of benzene rings is 3. The fraction of sp³-hybridized carbons (Fsp3) is 0.0263. The summed E-state index contributed by atoms with van der Waals surface area (Å²) in [6.45, 7) is 0.756. The fourth-order valence-electron chi connectivity index (χ4n) is 5.61. The van der Waals surface area contributed by atoms with Gasteiger partial charge in [0.25, 0.3) is 0 Å². The van der Waals surface area contributed by atoms with Crippen molar-refractivity contribution in [3.63, 3.8) is 0 Å². The maximum atomic E-state index is 12.0. The molecule has 0 unspecified atom stereocenters. The van der Waals surface area contributed by atoms with Gasteiger partial charge in [0.1, 0.15) is 0 Å². The first-order chi connectivity index (χ1) is 22.4. The summed E-state index contributed by atoms with van der Waals surface area (Å²) in [7, 11) is 0. The Hall–Kier alpha value is -6.41. The molecule has 4 aromatic heterocycles. The highest BCUT2D eigenvalue weighted by Gasteiger charge is 2.15. The van der Waals surface area contributed by atoms with Crippen LogP contribution >= 0.6 is 0 Å². The van der Waals surface area contributed by atoms with E-state index >= 15 is 0 Å². The number of carboxylic acid groups (broad SMARTS) is 2. The molecule has 7 aromatic rings. The van der Waals surface area contributed by atoms with E-state index in [9.17, 15) is 19.8 Å². The van der Waals surface area contributed by atoms with Gasteiger partial charge < -0.3 is 14.8 Å². The molecule has 0 bridgehead atoms. The maximum Gasteiger partial charge on any atom is 0.335 e. The van der Waals surface area contributed by atoms with E-state index in [4.69, 9.17) is 0 Å². The molecular weight excluding hydrogens is 576 g/mol. The Bertz CT molecular complexity index is 2310. The largest absolute Gasteiger partial charge is 0.478 e. The van der Waals surface area contributed by atoms with Gasteiger partial charge in [-0.25, -0.2) is 14.6 Å². The highest BCUT2D eigenvalue weighted by Crippen LogP contribution is 2.31. The number of rotatable bonds is 8. The number of pyridine rings is 3. The van der Waals surface area contributed by atoms with Crippen LogP contribution in [0.5, 0.6) is 0 Å². The molecule has 0 aliphatic carbocycles. The third-order valence-electron chi connectivity index (χ3n) is 7.84. The molecule has 222 valence electrons. The number of aromatic carboxylic acids is 2. The van der Waals surface area contributed by atoms with Crippen molar-refractivity contribution >= 4 is 45.9 Å². The molecule has 0 amide bonds. The van der Waals surface area contributed by atoms with E-state index < -0.39 is 11.9 Å². The quantitative estimate of drug-likeness (QED) is 0.181. The summed E-state index contributed by atoms with van der Waals surface area (Å²) >= 11 is 0. The van der Waals surface area contributed by atoms with Gasteiger partial charge in [0.15, 0.2) is 0 Å². The Morgan fingerprint density at radius 2 is 1.20 bits per heavy atom. The van der Waals surface area contributed by atoms with Crippen molar-refractivity contribution in [2.45, 2.75) is 6.54 Å². The summed E-state index contributed by atoms with van der Waals surface area (Å²) in [6, 6.07) is 34.6. The smallest absolute Gasteiger partial charge is 0.335 e. The second-order valence-electron chi connectivity index (χ2n) is 10.8. The molecule has 7 rings (SSSR count). The van der Waals surface area contributed by atoms with Gasteiger partial charge in [0, 0.05) is 35.2 Å². The monoisotopic (exact) mass is 602 g/mol. The lowest BCUT2D eigenvalue weighted by Crippen LogP contribution is -2.02. The molecule has 8 heteroatoms. The molecule has 0 atom stereocenters. The summed E-state index contributed by atoms with van der Waals surface area (Å²) in [4.78, 5) is 36.7. The van der Waals surface area contributed by atoms with Crippen LogP contribution in [0.1, 0.15) is 37.4 Å². The zero-order valence-electron chi connectivity index (χ0n) is 24.4. The van der Waals surface area contributed by atoms with Gasteiger partial charge >= 0.3 is 11.9 Å². The number of nitrogens with zero attached hydrogens (tertiary/aromatic N) is 4. The standard InChI is InChI=1S/C38H26N4O4/c43-37(44)27-15-17-40-32(20-27)34-22-28(38(45)46)21-33(41-34)31-18-25(14-16-39-31)11-10-24-12-13-30-29-8-4-5-9-35(29)42(36(30)19-24)23-26-6-2-1-3-7-26/h1-22H,23H2,(H,43,44)(H,45,46)/b11-10+. The van der Waals surface area contributed by atoms with Crippen LogP contribution < -0.4 is 0 Å². The number of hydrogen-bond donors (Lipinski definition) is 2. The van der Waals surface area contributed by atoms with E-state index in [0.717, 1.165) is 23.2 Å². The van der Waals surface area contributed by atoms with E-state index in [-0.39, 0.29) is 22.5 Å². The second-order valence-corrected chi connectivity index (χ2v) is 10.8. The number of carbonyl (C=O) groups is 2. The Labute approximate surface area is 263 Å². The topological polar surface area (TPSA) is 118 Å². The van der Waals surface area contributed by atoms with Crippen molar-refractivity contribution in [2.24, 2.45) is 0 Å².